The second-order valence-corrected chi connectivity index (χ2v) is 8.09. The van der Waals surface area contributed by atoms with E-state index in [0.717, 1.165) is 16.7 Å². The molecule has 0 bridgehead atoms. The number of esters is 1. The number of amides is 2. The average molecular weight is 471 g/mol. The topological polar surface area (TPSA) is 98.5 Å². The van der Waals surface area contributed by atoms with Crippen LogP contribution in [0, 0.1) is 0 Å². The van der Waals surface area contributed by atoms with Gasteiger partial charge in [-0.05, 0) is 30.0 Å². The fraction of sp³-hybridized carbons (Fsp3) is 0.207. The van der Waals surface area contributed by atoms with Gasteiger partial charge in [0.25, 0.3) is 0 Å². The zero-order valence-corrected chi connectivity index (χ0v) is 19.7. The number of hydrogen-bond acceptors (Lipinski definition) is 4. The van der Waals surface area contributed by atoms with Crippen LogP contribution < -0.4 is 11.1 Å². The highest BCUT2D eigenvalue weighted by molar-refractivity contribution is 5.88. The molecule has 0 aliphatic carbocycles. The molecule has 3 aromatic rings. The van der Waals surface area contributed by atoms with Crippen molar-refractivity contribution in [3.63, 3.8) is 0 Å². The lowest BCUT2D eigenvalue weighted by atomic mass is 9.67. The van der Waals surface area contributed by atoms with Crippen molar-refractivity contribution in [3.8, 4) is 0 Å². The first-order valence-corrected chi connectivity index (χ1v) is 11.6. The predicted molar refractivity (Wildman–Crippen MR) is 135 cm³/mol. The van der Waals surface area contributed by atoms with Gasteiger partial charge in [-0.15, -0.1) is 0 Å². The van der Waals surface area contributed by atoms with Crippen LogP contribution in [0.3, 0.4) is 0 Å². The minimum absolute atomic E-state index is 0.0520. The van der Waals surface area contributed by atoms with Gasteiger partial charge in [0.05, 0.1) is 12.0 Å². The van der Waals surface area contributed by atoms with Crippen LogP contribution in [0.15, 0.2) is 103 Å². The highest BCUT2D eigenvalue weighted by Gasteiger charge is 2.39. The van der Waals surface area contributed by atoms with Gasteiger partial charge >= 0.3 is 5.97 Å². The number of benzene rings is 3. The van der Waals surface area contributed by atoms with Crippen LogP contribution in [0.4, 0.5) is 0 Å². The van der Waals surface area contributed by atoms with Crippen LogP contribution in [0.25, 0.3) is 0 Å². The molecule has 3 aromatic carbocycles. The number of nitrogens with one attached hydrogen (secondary N) is 1. The van der Waals surface area contributed by atoms with Crippen LogP contribution >= 0.6 is 0 Å². The summed E-state index contributed by atoms with van der Waals surface area (Å²) in [5, 5.41) is 2.77. The Labute approximate surface area is 205 Å². The maximum atomic E-state index is 13.5. The maximum absolute atomic E-state index is 13.5. The summed E-state index contributed by atoms with van der Waals surface area (Å²) in [4.78, 5) is 37.1. The summed E-state index contributed by atoms with van der Waals surface area (Å²) >= 11 is 0. The molecule has 2 amide bonds. The van der Waals surface area contributed by atoms with E-state index in [1.807, 2.05) is 91.0 Å². The molecular formula is C29H30N2O4. The van der Waals surface area contributed by atoms with E-state index in [4.69, 9.17) is 10.5 Å². The molecule has 180 valence electrons. The molecule has 3 N–H and O–H groups in total. The Kier molecular flexibility index (Phi) is 8.95. The van der Waals surface area contributed by atoms with Crippen molar-refractivity contribution in [3.05, 3.63) is 120 Å². The predicted octanol–water partition coefficient (Wildman–Crippen LogP) is 3.89. The molecule has 0 radical (unpaired) electrons. The first kappa shape index (κ1) is 25.4. The molecule has 0 saturated heterocycles. The molecule has 0 aliphatic rings. The Balaban J connectivity index is 1.96. The SMILES string of the molecule is CCOC(=O)/C=C/C[C@H](NC(=O)CC(c1ccccc1)(c1ccccc1)c1ccccc1)C(N)=O. The van der Waals surface area contributed by atoms with Gasteiger partial charge in [-0.1, -0.05) is 97.1 Å². The fourth-order valence-corrected chi connectivity index (χ4v) is 4.20. The smallest absolute Gasteiger partial charge is 0.330 e. The minimum Gasteiger partial charge on any atom is -0.463 e. The molecule has 6 heteroatoms. The van der Waals surface area contributed by atoms with Crippen molar-refractivity contribution < 1.29 is 19.1 Å². The lowest BCUT2D eigenvalue weighted by molar-refractivity contribution is -0.137. The van der Waals surface area contributed by atoms with Crippen LogP contribution in [-0.4, -0.2) is 30.4 Å². The van der Waals surface area contributed by atoms with Crippen LogP contribution in [0.5, 0.6) is 0 Å². The summed E-state index contributed by atoms with van der Waals surface area (Å²) < 4.78 is 4.85. The first-order valence-electron chi connectivity index (χ1n) is 11.6. The lowest BCUT2D eigenvalue weighted by Gasteiger charge is -2.36. The average Bonchev–Trinajstić information content (AvgIpc) is 2.88. The Morgan fingerprint density at radius 1 is 0.857 bits per heavy atom. The summed E-state index contributed by atoms with van der Waals surface area (Å²) in [5.74, 6) is -1.54. The minimum atomic E-state index is -0.965. The number of carbonyl (C=O) groups excluding carboxylic acids is 3. The van der Waals surface area contributed by atoms with E-state index >= 15 is 0 Å². The summed E-state index contributed by atoms with van der Waals surface area (Å²) in [6.45, 7) is 1.95. The number of hydrogen-bond donors (Lipinski definition) is 2. The Hall–Kier alpha value is -4.19. The molecule has 1 atom stereocenters. The van der Waals surface area contributed by atoms with E-state index < -0.39 is 23.3 Å². The van der Waals surface area contributed by atoms with Crippen molar-refractivity contribution in [1.82, 2.24) is 5.32 Å². The number of nitrogens with two attached hydrogens (primary N) is 1. The molecule has 35 heavy (non-hydrogen) atoms. The zero-order valence-electron chi connectivity index (χ0n) is 19.7. The molecule has 0 fully saturated rings. The van der Waals surface area contributed by atoms with Gasteiger partial charge in [0.15, 0.2) is 0 Å². The van der Waals surface area contributed by atoms with E-state index in [1.165, 1.54) is 12.2 Å². The van der Waals surface area contributed by atoms with Crippen LogP contribution in [-0.2, 0) is 24.5 Å². The normalized spacial score (nSPS) is 12.1. The van der Waals surface area contributed by atoms with Crippen LogP contribution in [0.1, 0.15) is 36.5 Å². The van der Waals surface area contributed by atoms with E-state index in [1.54, 1.807) is 6.92 Å². The molecule has 0 unspecified atom stereocenters. The van der Waals surface area contributed by atoms with Gasteiger partial charge in [-0.25, -0.2) is 4.79 Å². The second-order valence-electron chi connectivity index (χ2n) is 8.09. The number of carbonyl (C=O) groups is 3. The quantitative estimate of drug-likeness (QED) is 0.252. The largest absolute Gasteiger partial charge is 0.463 e. The summed E-state index contributed by atoms with van der Waals surface area (Å²) in [7, 11) is 0. The van der Waals surface area contributed by atoms with Crippen molar-refractivity contribution in [2.75, 3.05) is 6.61 Å². The van der Waals surface area contributed by atoms with Gasteiger partial charge in [0.2, 0.25) is 11.8 Å². The van der Waals surface area contributed by atoms with Crippen molar-refractivity contribution in [2.24, 2.45) is 5.73 Å². The molecule has 0 heterocycles. The number of ether oxygens (including phenoxy) is 1. The third-order valence-electron chi connectivity index (χ3n) is 5.82. The van der Waals surface area contributed by atoms with Gasteiger partial charge in [0, 0.05) is 12.5 Å². The van der Waals surface area contributed by atoms with E-state index in [9.17, 15) is 14.4 Å². The highest BCUT2D eigenvalue weighted by atomic mass is 16.5. The molecule has 0 aliphatic heterocycles. The molecule has 6 nitrogen and oxygen atoms in total. The standard InChI is InChI=1S/C29H30N2O4/c1-2-35-27(33)20-12-19-25(28(30)34)31-26(32)21-29(22-13-6-3-7-14-22,23-15-8-4-9-16-23)24-17-10-5-11-18-24/h3-18,20,25H,2,19,21H2,1H3,(H2,30,34)(H,31,32)/b20-12+/t25-/m0/s1. The van der Waals surface area contributed by atoms with E-state index in [0.29, 0.717) is 0 Å². The molecular weight excluding hydrogens is 440 g/mol. The van der Waals surface area contributed by atoms with Crippen molar-refractivity contribution in [1.29, 1.82) is 0 Å². The Bertz CT molecular complexity index is 1050. The Morgan fingerprint density at radius 3 is 1.71 bits per heavy atom. The second kappa shape index (κ2) is 12.3. The monoisotopic (exact) mass is 470 g/mol. The van der Waals surface area contributed by atoms with Crippen molar-refractivity contribution >= 4 is 17.8 Å². The molecule has 3 rings (SSSR count). The van der Waals surface area contributed by atoms with Gasteiger partial charge in [-0.2, -0.15) is 0 Å². The molecule has 0 spiro atoms. The first-order chi connectivity index (χ1) is 17.0. The summed E-state index contributed by atoms with van der Waals surface area (Å²) in [6.07, 6.45) is 2.84. The maximum Gasteiger partial charge on any atom is 0.330 e. The van der Waals surface area contributed by atoms with Gasteiger partial charge in [-0.3, -0.25) is 9.59 Å². The van der Waals surface area contributed by atoms with Gasteiger partial charge < -0.3 is 15.8 Å². The van der Waals surface area contributed by atoms with E-state index in [2.05, 4.69) is 5.32 Å². The third-order valence-corrected chi connectivity index (χ3v) is 5.82. The Morgan fingerprint density at radius 2 is 1.31 bits per heavy atom. The summed E-state index contributed by atoms with van der Waals surface area (Å²) in [5.41, 5.74) is 7.61. The fourth-order valence-electron chi connectivity index (χ4n) is 4.20. The zero-order chi connectivity index (χ0) is 25.1. The molecule has 0 aromatic heterocycles. The molecule has 0 saturated carbocycles. The number of primary amides is 1. The van der Waals surface area contributed by atoms with E-state index in [-0.39, 0.29) is 25.4 Å². The summed E-state index contributed by atoms with van der Waals surface area (Å²) in [6, 6.07) is 28.5. The van der Waals surface area contributed by atoms with Crippen molar-refractivity contribution in [2.45, 2.75) is 31.2 Å². The number of rotatable bonds is 11. The third kappa shape index (κ3) is 6.44. The highest BCUT2D eigenvalue weighted by Crippen LogP contribution is 2.42. The van der Waals surface area contributed by atoms with Gasteiger partial charge in [0.1, 0.15) is 6.04 Å². The lowest BCUT2D eigenvalue weighted by Crippen LogP contribution is -2.46. The van der Waals surface area contributed by atoms with Crippen LogP contribution in [0.2, 0.25) is 0 Å².